The number of nitrogens with zero attached hydrogens (tertiary/aromatic N) is 4. The lowest BCUT2D eigenvalue weighted by atomic mass is 9.97. The summed E-state index contributed by atoms with van der Waals surface area (Å²) in [7, 11) is -5.19. The van der Waals surface area contributed by atoms with Gasteiger partial charge in [0.05, 0.1) is 10.6 Å². The van der Waals surface area contributed by atoms with Gasteiger partial charge in [0.2, 0.25) is 16.0 Å². The smallest absolute Gasteiger partial charge is 0.243 e. The number of benzene rings is 2. The maximum atomic E-state index is 13.5. The lowest BCUT2D eigenvalue weighted by Gasteiger charge is -2.41. The van der Waals surface area contributed by atoms with Crippen molar-refractivity contribution in [2.45, 2.75) is 55.2 Å². The van der Waals surface area contributed by atoms with Gasteiger partial charge in [0.15, 0.2) is 11.6 Å². The molecule has 2 saturated heterocycles. The van der Waals surface area contributed by atoms with Crippen molar-refractivity contribution in [3.05, 3.63) is 71.9 Å². The Labute approximate surface area is 245 Å². The molecule has 2 unspecified atom stereocenters. The summed E-state index contributed by atoms with van der Waals surface area (Å²) >= 11 is 0. The summed E-state index contributed by atoms with van der Waals surface area (Å²) in [4.78, 5) is 11.0. The Morgan fingerprint density at radius 1 is 0.976 bits per heavy atom. The number of rotatable bonds is 11. The molecule has 3 aromatic rings. The third-order valence-electron chi connectivity index (χ3n) is 7.99. The number of halogens is 2. The summed E-state index contributed by atoms with van der Waals surface area (Å²) in [6.07, 6.45) is 6.02. The van der Waals surface area contributed by atoms with Crippen LogP contribution in [0.2, 0.25) is 0 Å². The normalized spacial score (nSPS) is 21.0. The molecule has 2 bridgehead atoms. The van der Waals surface area contributed by atoms with Crippen LogP contribution < -0.4 is 10.6 Å². The van der Waals surface area contributed by atoms with Gasteiger partial charge < -0.3 is 10.6 Å². The standard InChI is InChI=1S/C28H34F2N6O4S2/c1-35(23-16-21-6-7-22(17-23)36(21)13-14-41(2,37)38)42(39,40)24-8-4-20(5-9-24)33-28-31-12-11-27(34-28)32-18-19-3-10-25(29)26(30)15-19/h3-5,8-12,15,21-23H,6-7,13-14,16-18H2,1-2H3,(H2,31,32,33,34). The Hall–Kier alpha value is -3.20. The predicted molar refractivity (Wildman–Crippen MR) is 157 cm³/mol. The molecule has 0 saturated carbocycles. The van der Waals surface area contributed by atoms with Crippen molar-refractivity contribution in [3.8, 4) is 0 Å². The van der Waals surface area contributed by atoms with Crippen molar-refractivity contribution in [2.24, 2.45) is 0 Å². The van der Waals surface area contributed by atoms with Gasteiger partial charge in [0, 0.05) is 56.4 Å². The molecule has 1 aromatic heterocycles. The fourth-order valence-electron chi connectivity index (χ4n) is 5.74. The third kappa shape index (κ3) is 7.05. The van der Waals surface area contributed by atoms with Crippen molar-refractivity contribution >= 4 is 37.3 Å². The summed E-state index contributed by atoms with van der Waals surface area (Å²) in [5, 5.41) is 6.09. The highest BCUT2D eigenvalue weighted by atomic mass is 32.2. The molecule has 2 N–H and O–H groups in total. The molecule has 0 spiro atoms. The summed E-state index contributed by atoms with van der Waals surface area (Å²) < 4.78 is 78.3. The van der Waals surface area contributed by atoms with Crippen molar-refractivity contribution in [1.29, 1.82) is 0 Å². The molecule has 2 fully saturated rings. The number of fused-ring (bicyclic) bond motifs is 2. The lowest BCUT2D eigenvalue weighted by molar-refractivity contribution is 0.104. The second kappa shape index (κ2) is 12.2. The molecule has 42 heavy (non-hydrogen) atoms. The van der Waals surface area contributed by atoms with E-state index in [2.05, 4.69) is 25.5 Å². The Morgan fingerprint density at radius 3 is 2.31 bits per heavy atom. The topological polar surface area (TPSA) is 125 Å². The molecular weight excluding hydrogens is 586 g/mol. The minimum atomic E-state index is -3.75. The first-order chi connectivity index (χ1) is 19.9. The number of piperidine rings is 1. The molecule has 2 aliphatic rings. The molecule has 5 rings (SSSR count). The summed E-state index contributed by atoms with van der Waals surface area (Å²) in [6, 6.07) is 11.9. The van der Waals surface area contributed by atoms with Crippen LogP contribution in [0.3, 0.4) is 0 Å². The van der Waals surface area contributed by atoms with Gasteiger partial charge in [-0.15, -0.1) is 0 Å². The van der Waals surface area contributed by atoms with Crippen LogP contribution >= 0.6 is 0 Å². The molecule has 10 nitrogen and oxygen atoms in total. The van der Waals surface area contributed by atoms with Gasteiger partial charge in [0.25, 0.3) is 0 Å². The van der Waals surface area contributed by atoms with E-state index in [1.54, 1.807) is 25.2 Å². The van der Waals surface area contributed by atoms with E-state index in [0.717, 1.165) is 25.0 Å². The second-order valence-corrected chi connectivity index (χ2v) is 15.2. The van der Waals surface area contributed by atoms with Gasteiger partial charge in [-0.3, -0.25) is 4.90 Å². The molecule has 14 heteroatoms. The molecule has 0 amide bonds. The minimum absolute atomic E-state index is 0.113. The summed E-state index contributed by atoms with van der Waals surface area (Å²) in [6.45, 7) is 0.720. The zero-order valence-corrected chi connectivity index (χ0v) is 25.0. The van der Waals surface area contributed by atoms with Crippen LogP contribution in [-0.2, 0) is 26.4 Å². The minimum Gasteiger partial charge on any atom is -0.366 e. The Bertz CT molecular complexity index is 1630. The average molecular weight is 621 g/mol. The zero-order chi connectivity index (χ0) is 30.1. The van der Waals surface area contributed by atoms with Crippen LogP contribution in [0.25, 0.3) is 0 Å². The van der Waals surface area contributed by atoms with Gasteiger partial charge in [-0.1, -0.05) is 6.07 Å². The molecule has 2 aromatic carbocycles. The zero-order valence-electron chi connectivity index (χ0n) is 23.4. The largest absolute Gasteiger partial charge is 0.366 e. The molecule has 0 aliphatic carbocycles. The van der Waals surface area contributed by atoms with Gasteiger partial charge in [-0.25, -0.2) is 30.6 Å². The Kier molecular flexibility index (Phi) is 8.78. The van der Waals surface area contributed by atoms with Gasteiger partial charge in [0.1, 0.15) is 15.7 Å². The number of sulfone groups is 1. The van der Waals surface area contributed by atoms with Crippen molar-refractivity contribution < 1.29 is 25.6 Å². The number of hydrogen-bond donors (Lipinski definition) is 2. The number of hydrogen-bond acceptors (Lipinski definition) is 9. The van der Waals surface area contributed by atoms with Crippen LogP contribution in [0.4, 0.5) is 26.2 Å². The maximum absolute atomic E-state index is 13.5. The maximum Gasteiger partial charge on any atom is 0.243 e. The van der Waals surface area contributed by atoms with Gasteiger partial charge in [-0.05, 0) is 73.7 Å². The van der Waals surface area contributed by atoms with Crippen LogP contribution in [0.1, 0.15) is 31.2 Å². The fraction of sp³-hybridized carbons (Fsp3) is 0.429. The van der Waals surface area contributed by atoms with E-state index >= 15 is 0 Å². The van der Waals surface area contributed by atoms with Crippen LogP contribution in [0.15, 0.2) is 59.6 Å². The number of anilines is 3. The van der Waals surface area contributed by atoms with Crippen LogP contribution in [0.5, 0.6) is 0 Å². The van der Waals surface area contributed by atoms with Crippen LogP contribution in [0, 0.1) is 11.6 Å². The number of aromatic nitrogens is 2. The molecule has 3 heterocycles. The van der Waals surface area contributed by atoms with E-state index in [1.807, 2.05) is 0 Å². The first-order valence-electron chi connectivity index (χ1n) is 13.7. The van der Waals surface area contributed by atoms with Crippen molar-refractivity contribution in [2.75, 3.05) is 36.2 Å². The first-order valence-corrected chi connectivity index (χ1v) is 17.2. The highest BCUT2D eigenvalue weighted by molar-refractivity contribution is 7.90. The van der Waals surface area contributed by atoms with E-state index in [-0.39, 0.29) is 41.3 Å². The van der Waals surface area contributed by atoms with Gasteiger partial charge in [-0.2, -0.15) is 9.29 Å². The second-order valence-electron chi connectivity index (χ2n) is 10.9. The third-order valence-corrected chi connectivity index (χ3v) is 10.8. The van der Waals surface area contributed by atoms with E-state index in [1.165, 1.54) is 35.0 Å². The molecule has 2 aliphatic heterocycles. The van der Waals surface area contributed by atoms with Crippen molar-refractivity contribution in [3.63, 3.8) is 0 Å². The Balaban J connectivity index is 1.19. The lowest BCUT2D eigenvalue weighted by Crippen LogP contribution is -2.51. The van der Waals surface area contributed by atoms with Crippen molar-refractivity contribution in [1.82, 2.24) is 19.2 Å². The fourth-order valence-corrected chi connectivity index (χ4v) is 7.66. The predicted octanol–water partition coefficient (Wildman–Crippen LogP) is 3.77. The number of sulfonamides is 1. The number of nitrogens with one attached hydrogen (secondary N) is 2. The van der Waals surface area contributed by atoms with E-state index in [4.69, 9.17) is 0 Å². The highest BCUT2D eigenvalue weighted by Gasteiger charge is 2.44. The monoisotopic (exact) mass is 620 g/mol. The van der Waals surface area contributed by atoms with E-state index in [0.29, 0.717) is 36.5 Å². The summed E-state index contributed by atoms with van der Waals surface area (Å²) in [5.41, 5.74) is 1.14. The van der Waals surface area contributed by atoms with Gasteiger partial charge >= 0.3 is 0 Å². The Morgan fingerprint density at radius 2 is 1.67 bits per heavy atom. The molecule has 226 valence electrons. The average Bonchev–Trinajstić information content (AvgIpc) is 3.18. The molecule has 0 radical (unpaired) electrons. The van der Waals surface area contributed by atoms with E-state index < -0.39 is 31.5 Å². The molecular formula is C28H34F2N6O4S2. The quantitative estimate of drug-likeness (QED) is 0.330. The summed E-state index contributed by atoms with van der Waals surface area (Å²) in [5.74, 6) is -0.975. The highest BCUT2D eigenvalue weighted by Crippen LogP contribution is 2.38. The SMILES string of the molecule is CN(C1CC2CCC(C1)N2CCS(C)(=O)=O)S(=O)(=O)c1ccc(Nc2nccc(NCc3ccc(F)c(F)c3)n2)cc1. The molecule has 2 atom stereocenters. The van der Waals surface area contributed by atoms with E-state index in [9.17, 15) is 25.6 Å². The van der Waals surface area contributed by atoms with Crippen LogP contribution in [-0.4, -0.2) is 79.7 Å². The first kappa shape index (κ1) is 30.3.